The van der Waals surface area contributed by atoms with Crippen LogP contribution in [0.3, 0.4) is 0 Å². The molecule has 0 aliphatic carbocycles. The van der Waals surface area contributed by atoms with Gasteiger partial charge in [0.1, 0.15) is 13.2 Å². The van der Waals surface area contributed by atoms with Gasteiger partial charge in [0, 0.05) is 23.7 Å². The van der Waals surface area contributed by atoms with Crippen molar-refractivity contribution in [3.63, 3.8) is 0 Å². The number of fused-ring (bicyclic) bond motifs is 1. The maximum atomic E-state index is 10.0. The number of hydrogen-bond donors (Lipinski definition) is 2. The van der Waals surface area contributed by atoms with Gasteiger partial charge in [-0.2, -0.15) is 0 Å². The third-order valence-corrected chi connectivity index (χ3v) is 3.31. The fraction of sp³-hybridized carbons (Fsp3) is 0.538. The summed E-state index contributed by atoms with van der Waals surface area (Å²) in [6.07, 6.45) is -0.786. The molecule has 0 fully saturated rings. The zero-order valence-corrected chi connectivity index (χ0v) is 11.3. The predicted molar refractivity (Wildman–Crippen MR) is 70.5 cm³/mol. The maximum Gasteiger partial charge on any atom is 0.165 e. The van der Waals surface area contributed by atoms with E-state index in [2.05, 4.69) is 0 Å². The molecule has 1 aromatic rings. The molecule has 1 atom stereocenters. The molecule has 0 aromatic heterocycles. The van der Waals surface area contributed by atoms with Crippen molar-refractivity contribution in [2.75, 3.05) is 19.8 Å². The highest BCUT2D eigenvalue weighted by atomic mass is 35.5. The molecule has 1 aromatic carbocycles. The number of ether oxygens (including phenoxy) is 2. The molecule has 0 spiro atoms. The number of nitrogens with two attached hydrogens (primary N) is 1. The summed E-state index contributed by atoms with van der Waals surface area (Å²) in [5, 5.41) is 10.5. The fourth-order valence-electron chi connectivity index (χ4n) is 2.22. The standard InChI is InChI=1S/C13H18ClNO3/c1-7(2)11-12(9(16)6-15)8(14)5-10-13(11)18-4-3-17-10/h5,7,9,16H,3-4,6,15H2,1-2H3. The van der Waals surface area contributed by atoms with E-state index in [-0.39, 0.29) is 12.5 Å². The molecule has 1 aliphatic rings. The summed E-state index contributed by atoms with van der Waals surface area (Å²) in [4.78, 5) is 0. The quantitative estimate of drug-likeness (QED) is 0.885. The lowest BCUT2D eigenvalue weighted by atomic mass is 9.92. The number of hydrogen-bond acceptors (Lipinski definition) is 4. The highest BCUT2D eigenvalue weighted by Crippen LogP contribution is 2.45. The van der Waals surface area contributed by atoms with Crippen LogP contribution in [0.5, 0.6) is 11.5 Å². The second kappa shape index (κ2) is 5.34. The SMILES string of the molecule is CC(C)c1c2c(cc(Cl)c1C(O)CN)OCCO2. The molecule has 100 valence electrons. The fourth-order valence-corrected chi connectivity index (χ4v) is 2.55. The lowest BCUT2D eigenvalue weighted by Gasteiger charge is -2.27. The molecule has 5 heteroatoms. The first-order chi connectivity index (χ1) is 8.56. The minimum Gasteiger partial charge on any atom is -0.486 e. The molecule has 1 heterocycles. The Morgan fingerprint density at radius 2 is 2.00 bits per heavy atom. The molecule has 2 rings (SSSR count). The van der Waals surface area contributed by atoms with Crippen molar-refractivity contribution in [1.82, 2.24) is 0 Å². The summed E-state index contributed by atoms with van der Waals surface area (Å²) >= 11 is 6.23. The number of halogens is 1. The van der Waals surface area contributed by atoms with Crippen LogP contribution in [0.25, 0.3) is 0 Å². The van der Waals surface area contributed by atoms with Crippen molar-refractivity contribution in [2.24, 2.45) is 5.73 Å². The second-order valence-corrected chi connectivity index (χ2v) is 5.02. The van der Waals surface area contributed by atoms with E-state index in [4.69, 9.17) is 26.8 Å². The maximum absolute atomic E-state index is 10.0. The Kier molecular flexibility index (Phi) is 4.00. The van der Waals surface area contributed by atoms with Crippen LogP contribution in [0.4, 0.5) is 0 Å². The van der Waals surface area contributed by atoms with Gasteiger partial charge in [-0.15, -0.1) is 0 Å². The molecule has 0 saturated carbocycles. The van der Waals surface area contributed by atoms with Crippen molar-refractivity contribution in [2.45, 2.75) is 25.9 Å². The Morgan fingerprint density at radius 1 is 1.33 bits per heavy atom. The van der Waals surface area contributed by atoms with Gasteiger partial charge >= 0.3 is 0 Å². The molecule has 0 amide bonds. The Bertz CT molecular complexity index is 448. The first-order valence-corrected chi connectivity index (χ1v) is 6.44. The minimum absolute atomic E-state index is 0.124. The molecule has 4 nitrogen and oxygen atoms in total. The van der Waals surface area contributed by atoms with Crippen molar-refractivity contribution in [3.05, 3.63) is 22.2 Å². The molecular weight excluding hydrogens is 254 g/mol. The minimum atomic E-state index is -0.786. The largest absolute Gasteiger partial charge is 0.486 e. The van der Waals surface area contributed by atoms with Crippen molar-refractivity contribution in [3.8, 4) is 11.5 Å². The topological polar surface area (TPSA) is 64.7 Å². The first kappa shape index (κ1) is 13.5. The Balaban J connectivity index is 2.64. The number of benzene rings is 1. The molecule has 0 bridgehead atoms. The van der Waals surface area contributed by atoms with Crippen molar-refractivity contribution >= 4 is 11.6 Å². The van der Waals surface area contributed by atoms with Crippen LogP contribution in [0.15, 0.2) is 6.07 Å². The van der Waals surface area contributed by atoms with E-state index in [1.165, 1.54) is 0 Å². The summed E-state index contributed by atoms with van der Waals surface area (Å²) in [7, 11) is 0. The number of aliphatic hydroxyl groups is 1. The summed E-state index contributed by atoms with van der Waals surface area (Å²) in [5.41, 5.74) is 7.07. The van der Waals surface area contributed by atoms with E-state index in [0.29, 0.717) is 35.3 Å². The normalized spacial score (nSPS) is 15.9. The summed E-state index contributed by atoms with van der Waals surface area (Å²) in [5.74, 6) is 1.49. The molecular formula is C13H18ClNO3. The van der Waals surface area contributed by atoms with Gasteiger partial charge in [0.2, 0.25) is 0 Å². The summed E-state index contributed by atoms with van der Waals surface area (Å²) < 4.78 is 11.2. The molecule has 0 saturated heterocycles. The van der Waals surface area contributed by atoms with E-state index in [1.54, 1.807) is 6.07 Å². The van der Waals surface area contributed by atoms with Gasteiger partial charge in [-0.3, -0.25) is 0 Å². The van der Waals surface area contributed by atoms with Gasteiger partial charge < -0.3 is 20.3 Å². The monoisotopic (exact) mass is 271 g/mol. The second-order valence-electron chi connectivity index (χ2n) is 4.62. The summed E-state index contributed by atoms with van der Waals surface area (Å²) in [6, 6.07) is 1.69. The van der Waals surface area contributed by atoms with Crippen LogP contribution in [0, 0.1) is 0 Å². The van der Waals surface area contributed by atoms with E-state index < -0.39 is 6.10 Å². The van der Waals surface area contributed by atoms with Gasteiger partial charge in [0.25, 0.3) is 0 Å². The average Bonchev–Trinajstić information content (AvgIpc) is 2.35. The molecule has 18 heavy (non-hydrogen) atoms. The number of rotatable bonds is 3. The average molecular weight is 272 g/mol. The Morgan fingerprint density at radius 3 is 2.61 bits per heavy atom. The molecule has 3 N–H and O–H groups in total. The number of aliphatic hydroxyl groups excluding tert-OH is 1. The lowest BCUT2D eigenvalue weighted by Crippen LogP contribution is -2.20. The molecule has 1 unspecified atom stereocenters. The third kappa shape index (κ3) is 2.28. The zero-order chi connectivity index (χ0) is 13.3. The van der Waals surface area contributed by atoms with Gasteiger partial charge in [0.15, 0.2) is 11.5 Å². The highest BCUT2D eigenvalue weighted by Gasteiger charge is 2.27. The summed E-state index contributed by atoms with van der Waals surface area (Å²) in [6.45, 7) is 5.19. The van der Waals surface area contributed by atoms with E-state index >= 15 is 0 Å². The first-order valence-electron chi connectivity index (χ1n) is 6.06. The van der Waals surface area contributed by atoms with Gasteiger partial charge in [0.05, 0.1) is 11.1 Å². The smallest absolute Gasteiger partial charge is 0.165 e. The Hall–Kier alpha value is -0.970. The zero-order valence-electron chi connectivity index (χ0n) is 10.6. The van der Waals surface area contributed by atoms with Crippen molar-refractivity contribution < 1.29 is 14.6 Å². The van der Waals surface area contributed by atoms with Crippen molar-refractivity contribution in [1.29, 1.82) is 0 Å². The van der Waals surface area contributed by atoms with Crippen LogP contribution in [0.2, 0.25) is 5.02 Å². The third-order valence-electron chi connectivity index (χ3n) is 2.99. The van der Waals surface area contributed by atoms with E-state index in [0.717, 1.165) is 5.56 Å². The van der Waals surface area contributed by atoms with Gasteiger partial charge in [-0.05, 0) is 5.92 Å². The molecule has 0 radical (unpaired) electrons. The van der Waals surface area contributed by atoms with Crippen LogP contribution in [-0.2, 0) is 0 Å². The van der Waals surface area contributed by atoms with Crippen LogP contribution < -0.4 is 15.2 Å². The van der Waals surface area contributed by atoms with E-state index in [9.17, 15) is 5.11 Å². The van der Waals surface area contributed by atoms with Gasteiger partial charge in [-0.1, -0.05) is 25.4 Å². The predicted octanol–water partition coefficient (Wildman–Crippen LogP) is 2.23. The highest BCUT2D eigenvalue weighted by molar-refractivity contribution is 6.31. The lowest BCUT2D eigenvalue weighted by molar-refractivity contribution is 0.163. The van der Waals surface area contributed by atoms with Gasteiger partial charge in [-0.25, -0.2) is 0 Å². The van der Waals surface area contributed by atoms with E-state index in [1.807, 2.05) is 13.8 Å². The van der Waals surface area contributed by atoms with Crippen LogP contribution in [0.1, 0.15) is 37.0 Å². The van der Waals surface area contributed by atoms with Crippen LogP contribution in [-0.4, -0.2) is 24.9 Å². The Labute approximate surface area is 112 Å². The molecule has 1 aliphatic heterocycles. The van der Waals surface area contributed by atoms with Crippen LogP contribution >= 0.6 is 11.6 Å².